The summed E-state index contributed by atoms with van der Waals surface area (Å²) < 4.78 is 10.9. The summed E-state index contributed by atoms with van der Waals surface area (Å²) in [5, 5.41) is 20.3. The number of nitrogens with zero attached hydrogens (tertiary/aromatic N) is 2. The zero-order valence-corrected chi connectivity index (χ0v) is 14.5. The Morgan fingerprint density at radius 1 is 1.26 bits per heavy atom. The molecule has 0 aliphatic carbocycles. The molecule has 0 spiro atoms. The molecule has 0 atom stereocenters. The standard InChI is InChI=1S/C16H27BN2O4/c1-15(2,20)16(3,4)23-17(21)13-5-6-14(18-11-13)12-19-7-9-22-10-8-19/h5-6,11,20-21H,7-10,12H2,1-4H3. The van der Waals surface area contributed by atoms with Crippen LogP contribution in [0.1, 0.15) is 33.4 Å². The van der Waals surface area contributed by atoms with E-state index < -0.39 is 18.3 Å². The van der Waals surface area contributed by atoms with Gasteiger partial charge in [0.05, 0.1) is 30.1 Å². The first-order valence-electron chi connectivity index (χ1n) is 8.02. The third-order valence-corrected chi connectivity index (χ3v) is 4.50. The lowest BCUT2D eigenvalue weighted by molar-refractivity contribution is -0.0982. The second-order valence-corrected chi connectivity index (χ2v) is 7.01. The summed E-state index contributed by atoms with van der Waals surface area (Å²) in [5.74, 6) is 0. The summed E-state index contributed by atoms with van der Waals surface area (Å²) in [7, 11) is -1.12. The van der Waals surface area contributed by atoms with Crippen molar-refractivity contribution in [3.63, 3.8) is 0 Å². The molecule has 7 heteroatoms. The van der Waals surface area contributed by atoms with E-state index in [1.807, 2.05) is 12.1 Å². The van der Waals surface area contributed by atoms with Gasteiger partial charge >= 0.3 is 7.12 Å². The topological polar surface area (TPSA) is 75.0 Å². The molecule has 23 heavy (non-hydrogen) atoms. The van der Waals surface area contributed by atoms with Gasteiger partial charge in [-0.3, -0.25) is 9.88 Å². The van der Waals surface area contributed by atoms with Gasteiger partial charge in [-0.05, 0) is 33.8 Å². The zero-order valence-electron chi connectivity index (χ0n) is 14.5. The molecule has 0 aromatic carbocycles. The zero-order chi connectivity index (χ0) is 17.1. The van der Waals surface area contributed by atoms with Crippen LogP contribution in [0.5, 0.6) is 0 Å². The second-order valence-electron chi connectivity index (χ2n) is 7.01. The fraction of sp³-hybridized carbons (Fsp3) is 0.688. The van der Waals surface area contributed by atoms with Crippen LogP contribution >= 0.6 is 0 Å². The van der Waals surface area contributed by atoms with Gasteiger partial charge in [0, 0.05) is 31.3 Å². The van der Waals surface area contributed by atoms with E-state index in [1.54, 1.807) is 33.9 Å². The summed E-state index contributed by atoms with van der Waals surface area (Å²) in [6.45, 7) is 10.9. The van der Waals surface area contributed by atoms with Crippen LogP contribution in [0, 0.1) is 0 Å². The van der Waals surface area contributed by atoms with E-state index in [9.17, 15) is 10.1 Å². The quantitative estimate of drug-likeness (QED) is 0.727. The molecule has 0 unspecified atom stereocenters. The van der Waals surface area contributed by atoms with Gasteiger partial charge in [-0.2, -0.15) is 0 Å². The Morgan fingerprint density at radius 3 is 2.43 bits per heavy atom. The highest BCUT2D eigenvalue weighted by Gasteiger charge is 2.39. The average Bonchev–Trinajstić information content (AvgIpc) is 2.47. The third-order valence-electron chi connectivity index (χ3n) is 4.50. The number of pyridine rings is 1. The van der Waals surface area contributed by atoms with Gasteiger partial charge in [0.15, 0.2) is 0 Å². The van der Waals surface area contributed by atoms with Crippen molar-refractivity contribution in [2.45, 2.75) is 45.4 Å². The van der Waals surface area contributed by atoms with Gasteiger partial charge in [-0.15, -0.1) is 0 Å². The predicted molar refractivity (Wildman–Crippen MR) is 89.4 cm³/mol. The molecule has 0 radical (unpaired) electrons. The molecule has 2 heterocycles. The number of aromatic nitrogens is 1. The molecule has 0 saturated carbocycles. The Balaban J connectivity index is 1.95. The van der Waals surface area contributed by atoms with E-state index in [1.165, 1.54) is 0 Å². The van der Waals surface area contributed by atoms with E-state index in [0.717, 1.165) is 38.5 Å². The maximum atomic E-state index is 10.2. The molecule has 1 aliphatic rings. The van der Waals surface area contributed by atoms with Crippen molar-refractivity contribution in [3.05, 3.63) is 24.0 Å². The van der Waals surface area contributed by atoms with Gasteiger partial charge < -0.3 is 19.5 Å². The third kappa shape index (κ3) is 4.99. The Hall–Kier alpha value is -0.985. The minimum absolute atomic E-state index is 0.577. The van der Waals surface area contributed by atoms with E-state index in [2.05, 4.69) is 9.88 Å². The summed E-state index contributed by atoms with van der Waals surface area (Å²) in [6, 6.07) is 3.71. The second kappa shape index (κ2) is 7.28. The van der Waals surface area contributed by atoms with Crippen LogP contribution in [-0.4, -0.2) is 64.6 Å². The van der Waals surface area contributed by atoms with Crippen LogP contribution in [0.3, 0.4) is 0 Å². The van der Waals surface area contributed by atoms with Crippen molar-refractivity contribution in [2.75, 3.05) is 26.3 Å². The lowest BCUT2D eigenvalue weighted by Crippen LogP contribution is -2.53. The van der Waals surface area contributed by atoms with Crippen molar-refractivity contribution < 1.29 is 19.5 Å². The van der Waals surface area contributed by atoms with Crippen molar-refractivity contribution in [1.82, 2.24) is 9.88 Å². The molecule has 6 nitrogen and oxygen atoms in total. The Labute approximate surface area is 138 Å². The van der Waals surface area contributed by atoms with Crippen molar-refractivity contribution >= 4 is 12.6 Å². The summed E-state index contributed by atoms with van der Waals surface area (Å²) in [6.07, 6.45) is 1.63. The number of hydrogen-bond acceptors (Lipinski definition) is 6. The monoisotopic (exact) mass is 322 g/mol. The Morgan fingerprint density at radius 2 is 1.91 bits per heavy atom. The Kier molecular flexibility index (Phi) is 5.81. The number of morpholine rings is 1. The van der Waals surface area contributed by atoms with Gasteiger partial charge in [-0.1, -0.05) is 6.07 Å². The highest BCUT2D eigenvalue weighted by atomic mass is 16.5. The smallest absolute Gasteiger partial charge is 0.423 e. The molecule has 128 valence electrons. The first-order chi connectivity index (χ1) is 10.7. The minimum Gasteiger partial charge on any atom is -0.423 e. The highest BCUT2D eigenvalue weighted by molar-refractivity contribution is 6.59. The van der Waals surface area contributed by atoms with Crippen molar-refractivity contribution in [1.29, 1.82) is 0 Å². The predicted octanol–water partition coefficient (Wildman–Crippen LogP) is 0.167. The van der Waals surface area contributed by atoms with Crippen LogP contribution < -0.4 is 5.46 Å². The summed E-state index contributed by atoms with van der Waals surface area (Å²) >= 11 is 0. The van der Waals surface area contributed by atoms with Crippen molar-refractivity contribution in [2.24, 2.45) is 0 Å². The molecule has 2 rings (SSSR count). The number of hydrogen-bond donors (Lipinski definition) is 2. The first-order valence-corrected chi connectivity index (χ1v) is 8.02. The van der Waals surface area contributed by atoms with E-state index in [4.69, 9.17) is 9.39 Å². The van der Waals surface area contributed by atoms with Gasteiger partial charge in [-0.25, -0.2) is 0 Å². The fourth-order valence-electron chi connectivity index (χ4n) is 2.16. The van der Waals surface area contributed by atoms with Crippen LogP contribution in [-0.2, 0) is 15.9 Å². The molecule has 1 aliphatic heterocycles. The maximum Gasteiger partial charge on any atom is 0.493 e. The number of aliphatic hydroxyl groups is 1. The molecule has 0 amide bonds. The molecular weight excluding hydrogens is 295 g/mol. The van der Waals surface area contributed by atoms with Gasteiger partial charge in [0.25, 0.3) is 0 Å². The average molecular weight is 322 g/mol. The molecule has 0 bridgehead atoms. The normalized spacial score (nSPS) is 17.3. The van der Waals surface area contributed by atoms with Crippen LogP contribution in [0.4, 0.5) is 0 Å². The number of rotatable bonds is 6. The van der Waals surface area contributed by atoms with E-state index in [-0.39, 0.29) is 0 Å². The fourth-order valence-corrected chi connectivity index (χ4v) is 2.16. The van der Waals surface area contributed by atoms with Crippen LogP contribution in [0.2, 0.25) is 0 Å². The lowest BCUT2D eigenvalue weighted by Gasteiger charge is -2.38. The van der Waals surface area contributed by atoms with Gasteiger partial charge in [0.2, 0.25) is 0 Å². The highest BCUT2D eigenvalue weighted by Crippen LogP contribution is 2.25. The van der Waals surface area contributed by atoms with Crippen LogP contribution in [0.15, 0.2) is 18.3 Å². The van der Waals surface area contributed by atoms with Crippen LogP contribution in [0.25, 0.3) is 0 Å². The molecule has 1 saturated heterocycles. The largest absolute Gasteiger partial charge is 0.493 e. The van der Waals surface area contributed by atoms with Crippen molar-refractivity contribution in [3.8, 4) is 0 Å². The molecular formula is C16H27BN2O4. The molecule has 1 aromatic rings. The maximum absolute atomic E-state index is 10.2. The summed E-state index contributed by atoms with van der Waals surface area (Å²) in [5.41, 5.74) is -0.436. The summed E-state index contributed by atoms with van der Waals surface area (Å²) in [4.78, 5) is 6.69. The lowest BCUT2D eigenvalue weighted by atomic mass is 9.77. The molecule has 2 N–H and O–H groups in total. The molecule has 1 aromatic heterocycles. The minimum atomic E-state index is -1.12. The van der Waals surface area contributed by atoms with E-state index in [0.29, 0.717) is 5.46 Å². The molecule has 1 fully saturated rings. The Bertz CT molecular complexity index is 496. The van der Waals surface area contributed by atoms with E-state index >= 15 is 0 Å². The van der Waals surface area contributed by atoms with Gasteiger partial charge in [0.1, 0.15) is 0 Å². The number of ether oxygens (including phenoxy) is 1. The first kappa shape index (κ1) is 18.4. The SMILES string of the molecule is CC(C)(O)C(C)(C)OB(O)c1ccc(CN2CCOCC2)nc1.